The molecule has 2 aliphatic rings. The van der Waals surface area contributed by atoms with Gasteiger partial charge in [-0.2, -0.15) is 0 Å². The molecule has 0 unspecified atom stereocenters. The summed E-state index contributed by atoms with van der Waals surface area (Å²) in [5, 5.41) is 11.8. The third kappa shape index (κ3) is 3.27. The molecule has 124 valence electrons. The zero-order chi connectivity index (χ0) is 14.8. The predicted molar refractivity (Wildman–Crippen MR) is 87.5 cm³/mol. The van der Waals surface area contributed by atoms with Gasteiger partial charge in [0, 0.05) is 13.1 Å². The van der Waals surface area contributed by atoms with E-state index in [1.54, 1.807) is 0 Å². The Morgan fingerprint density at radius 3 is 2.50 bits per heavy atom. The summed E-state index contributed by atoms with van der Waals surface area (Å²) in [6.07, 6.45) is 6.78. The normalized spacial score (nSPS) is 19.9. The standard InChI is InChI=1S/C15H25N5O.ClH/c1-11-14(15(21)19(2)12-5-3-4-6-12)17-18-20(11)13-7-9-16-10-8-13;/h12-13,16H,3-10H2,1-2H3;1H. The molecule has 1 saturated carbocycles. The van der Waals surface area contributed by atoms with E-state index in [0.29, 0.717) is 17.8 Å². The summed E-state index contributed by atoms with van der Waals surface area (Å²) in [6, 6.07) is 0.748. The molecule has 0 atom stereocenters. The van der Waals surface area contributed by atoms with Crippen LogP contribution < -0.4 is 5.32 Å². The number of aromatic nitrogens is 3. The van der Waals surface area contributed by atoms with Gasteiger partial charge in [-0.25, -0.2) is 4.68 Å². The molecule has 1 aliphatic carbocycles. The maximum atomic E-state index is 12.6. The average Bonchev–Trinajstić information content (AvgIpc) is 3.16. The molecule has 0 aromatic carbocycles. The lowest BCUT2D eigenvalue weighted by Gasteiger charge is -2.25. The smallest absolute Gasteiger partial charge is 0.276 e. The Morgan fingerprint density at radius 2 is 1.86 bits per heavy atom. The first-order chi connectivity index (χ1) is 10.2. The zero-order valence-corrected chi connectivity index (χ0v) is 14.2. The minimum Gasteiger partial charge on any atom is -0.337 e. The quantitative estimate of drug-likeness (QED) is 0.921. The van der Waals surface area contributed by atoms with Crippen molar-refractivity contribution in [1.82, 2.24) is 25.2 Å². The SMILES string of the molecule is Cc1c(C(=O)N(C)C2CCCC2)nnn1C1CCNCC1.Cl. The number of rotatable bonds is 3. The van der Waals surface area contributed by atoms with Crippen LogP contribution in [0, 0.1) is 6.92 Å². The van der Waals surface area contributed by atoms with Crippen molar-refractivity contribution in [3.05, 3.63) is 11.4 Å². The first-order valence-corrected chi connectivity index (χ1v) is 8.08. The van der Waals surface area contributed by atoms with E-state index in [0.717, 1.165) is 44.5 Å². The lowest BCUT2D eigenvalue weighted by atomic mass is 10.1. The van der Waals surface area contributed by atoms with E-state index >= 15 is 0 Å². The third-order valence-corrected chi connectivity index (χ3v) is 4.98. The summed E-state index contributed by atoms with van der Waals surface area (Å²) in [5.74, 6) is 0.0274. The maximum Gasteiger partial charge on any atom is 0.276 e. The van der Waals surface area contributed by atoms with E-state index in [4.69, 9.17) is 0 Å². The number of hydrogen-bond acceptors (Lipinski definition) is 4. The second-order valence-electron chi connectivity index (χ2n) is 6.30. The molecule has 6 nitrogen and oxygen atoms in total. The molecule has 1 aromatic heterocycles. The van der Waals surface area contributed by atoms with Crippen LogP contribution in [0.25, 0.3) is 0 Å². The van der Waals surface area contributed by atoms with Gasteiger partial charge in [0.05, 0.1) is 11.7 Å². The molecule has 22 heavy (non-hydrogen) atoms. The van der Waals surface area contributed by atoms with E-state index in [1.807, 2.05) is 23.6 Å². The summed E-state index contributed by atoms with van der Waals surface area (Å²) in [5.41, 5.74) is 1.44. The van der Waals surface area contributed by atoms with Crippen LogP contribution >= 0.6 is 12.4 Å². The molecule has 0 bridgehead atoms. The minimum atomic E-state index is 0. The van der Waals surface area contributed by atoms with Gasteiger partial charge in [0.1, 0.15) is 0 Å². The van der Waals surface area contributed by atoms with Gasteiger partial charge in [-0.3, -0.25) is 4.79 Å². The number of hydrogen-bond donors (Lipinski definition) is 1. The van der Waals surface area contributed by atoms with E-state index in [9.17, 15) is 4.79 Å². The summed E-state index contributed by atoms with van der Waals surface area (Å²) in [6.45, 7) is 3.99. The number of carbonyl (C=O) groups excluding carboxylic acids is 1. The molecule has 0 spiro atoms. The van der Waals surface area contributed by atoms with Crippen LogP contribution in [0.15, 0.2) is 0 Å². The molecular formula is C15H26ClN5O. The summed E-state index contributed by atoms with van der Waals surface area (Å²) in [7, 11) is 1.90. The van der Waals surface area contributed by atoms with E-state index < -0.39 is 0 Å². The highest BCUT2D eigenvalue weighted by molar-refractivity contribution is 5.93. The van der Waals surface area contributed by atoms with Crippen molar-refractivity contribution in [2.75, 3.05) is 20.1 Å². The highest BCUT2D eigenvalue weighted by Crippen LogP contribution is 2.25. The van der Waals surface area contributed by atoms with Crippen LogP contribution in [0.5, 0.6) is 0 Å². The molecule has 1 N–H and O–H groups in total. The Morgan fingerprint density at radius 1 is 1.23 bits per heavy atom. The molecule has 2 heterocycles. The van der Waals surface area contributed by atoms with Crippen molar-refractivity contribution in [2.45, 2.75) is 57.5 Å². The number of nitrogens with one attached hydrogen (secondary N) is 1. The van der Waals surface area contributed by atoms with Gasteiger partial charge in [-0.15, -0.1) is 17.5 Å². The van der Waals surface area contributed by atoms with Crippen LogP contribution in [0.4, 0.5) is 0 Å². The molecule has 7 heteroatoms. The summed E-state index contributed by atoms with van der Waals surface area (Å²) >= 11 is 0. The molecule has 0 radical (unpaired) electrons. The van der Waals surface area contributed by atoms with E-state index in [-0.39, 0.29) is 18.3 Å². The lowest BCUT2D eigenvalue weighted by Crippen LogP contribution is -2.36. The van der Waals surface area contributed by atoms with Crippen molar-refractivity contribution >= 4 is 18.3 Å². The van der Waals surface area contributed by atoms with Crippen molar-refractivity contribution in [2.24, 2.45) is 0 Å². The van der Waals surface area contributed by atoms with Crippen molar-refractivity contribution in [3.8, 4) is 0 Å². The number of carbonyl (C=O) groups is 1. The fourth-order valence-electron chi connectivity index (χ4n) is 3.56. The fourth-order valence-corrected chi connectivity index (χ4v) is 3.56. The van der Waals surface area contributed by atoms with Gasteiger partial charge < -0.3 is 10.2 Å². The third-order valence-electron chi connectivity index (χ3n) is 4.98. The van der Waals surface area contributed by atoms with Crippen LogP contribution in [0.1, 0.15) is 60.7 Å². The van der Waals surface area contributed by atoms with Crippen LogP contribution in [0.2, 0.25) is 0 Å². The van der Waals surface area contributed by atoms with Gasteiger partial charge in [0.2, 0.25) is 0 Å². The molecule has 1 saturated heterocycles. The van der Waals surface area contributed by atoms with Gasteiger partial charge in [0.15, 0.2) is 5.69 Å². The Hall–Kier alpha value is -1.14. The summed E-state index contributed by atoms with van der Waals surface area (Å²) in [4.78, 5) is 14.5. The topological polar surface area (TPSA) is 63.1 Å². The Labute approximate surface area is 138 Å². The molecule has 2 fully saturated rings. The van der Waals surface area contributed by atoms with Crippen LogP contribution in [0.3, 0.4) is 0 Å². The van der Waals surface area contributed by atoms with Crippen LogP contribution in [-0.2, 0) is 0 Å². The second kappa shape index (κ2) is 7.42. The van der Waals surface area contributed by atoms with Crippen molar-refractivity contribution in [3.63, 3.8) is 0 Å². The van der Waals surface area contributed by atoms with Crippen molar-refractivity contribution < 1.29 is 4.79 Å². The molecule has 1 aliphatic heterocycles. The van der Waals surface area contributed by atoms with E-state index in [1.165, 1.54) is 12.8 Å². The molecule has 3 rings (SSSR count). The Kier molecular flexibility index (Phi) is 5.81. The number of amides is 1. The molecular weight excluding hydrogens is 302 g/mol. The number of piperidine rings is 1. The van der Waals surface area contributed by atoms with E-state index in [2.05, 4.69) is 15.6 Å². The lowest BCUT2D eigenvalue weighted by molar-refractivity contribution is 0.0728. The van der Waals surface area contributed by atoms with Crippen LogP contribution in [-0.4, -0.2) is 52.0 Å². The number of halogens is 1. The van der Waals surface area contributed by atoms with Gasteiger partial charge in [-0.05, 0) is 45.7 Å². The second-order valence-corrected chi connectivity index (χ2v) is 6.30. The molecule has 1 aromatic rings. The average molecular weight is 328 g/mol. The zero-order valence-electron chi connectivity index (χ0n) is 13.4. The van der Waals surface area contributed by atoms with Gasteiger partial charge >= 0.3 is 0 Å². The minimum absolute atomic E-state index is 0. The largest absolute Gasteiger partial charge is 0.337 e. The first kappa shape index (κ1) is 17.2. The monoisotopic (exact) mass is 327 g/mol. The maximum absolute atomic E-state index is 12.6. The fraction of sp³-hybridized carbons (Fsp3) is 0.800. The van der Waals surface area contributed by atoms with Crippen molar-refractivity contribution in [1.29, 1.82) is 0 Å². The predicted octanol–water partition coefficient (Wildman–Crippen LogP) is 1.95. The van der Waals surface area contributed by atoms with Gasteiger partial charge in [0.25, 0.3) is 5.91 Å². The highest BCUT2D eigenvalue weighted by atomic mass is 35.5. The molecule has 1 amide bonds. The Balaban J connectivity index is 0.00000176. The first-order valence-electron chi connectivity index (χ1n) is 8.08. The highest BCUT2D eigenvalue weighted by Gasteiger charge is 2.29. The summed E-state index contributed by atoms with van der Waals surface area (Å²) < 4.78 is 1.95. The van der Waals surface area contributed by atoms with Gasteiger partial charge in [-0.1, -0.05) is 18.1 Å². The Bertz CT molecular complexity index is 506. The number of nitrogens with zero attached hydrogens (tertiary/aromatic N) is 4.